The van der Waals surface area contributed by atoms with Gasteiger partial charge >= 0.3 is 0 Å². The molecule has 5 atom stereocenters. The second kappa shape index (κ2) is 8.65. The number of aliphatic hydroxyl groups is 1. The molecule has 1 saturated carbocycles. The minimum absolute atomic E-state index is 0.0275. The van der Waals surface area contributed by atoms with Crippen molar-refractivity contribution >= 4 is 5.91 Å². The van der Waals surface area contributed by atoms with Crippen molar-refractivity contribution < 1.29 is 19.4 Å². The molecule has 2 aliphatic carbocycles. The molecule has 6 heteroatoms. The molecule has 192 valence electrons. The van der Waals surface area contributed by atoms with Crippen LogP contribution >= 0.6 is 0 Å². The zero-order valence-corrected chi connectivity index (χ0v) is 21.8. The van der Waals surface area contributed by atoms with Gasteiger partial charge in [-0.3, -0.25) is 9.69 Å². The van der Waals surface area contributed by atoms with Crippen LogP contribution in [-0.2, 0) is 16.6 Å². The van der Waals surface area contributed by atoms with E-state index >= 15 is 0 Å². The molecule has 0 radical (unpaired) electrons. The van der Waals surface area contributed by atoms with Gasteiger partial charge in [0.25, 0.3) is 5.91 Å². The Kier molecular flexibility index (Phi) is 5.63. The minimum Gasteiger partial charge on any atom is -0.493 e. The van der Waals surface area contributed by atoms with Gasteiger partial charge in [0.15, 0.2) is 11.5 Å². The molecule has 1 saturated heterocycles. The van der Waals surface area contributed by atoms with E-state index in [-0.39, 0.29) is 24.1 Å². The average Bonchev–Trinajstić information content (AvgIpc) is 3.24. The quantitative estimate of drug-likeness (QED) is 0.518. The first-order valence-corrected chi connectivity index (χ1v) is 13.1. The van der Waals surface area contributed by atoms with Crippen LogP contribution in [0.2, 0.25) is 0 Å². The number of ether oxygens (including phenoxy) is 2. The van der Waals surface area contributed by atoms with Gasteiger partial charge in [0, 0.05) is 36.7 Å². The molecular formula is C31H34N2O4. The molecule has 2 heterocycles. The van der Waals surface area contributed by atoms with Crippen LogP contribution in [0.5, 0.6) is 11.5 Å². The Labute approximate surface area is 218 Å². The Hall–Kier alpha value is -3.27. The molecule has 2 aliphatic heterocycles. The summed E-state index contributed by atoms with van der Waals surface area (Å²) in [6.45, 7) is 7.55. The second-order valence-corrected chi connectivity index (χ2v) is 11.0. The van der Waals surface area contributed by atoms with Gasteiger partial charge in [0.2, 0.25) is 0 Å². The van der Waals surface area contributed by atoms with Gasteiger partial charge in [0.05, 0.1) is 24.2 Å². The molecule has 2 aromatic carbocycles. The van der Waals surface area contributed by atoms with E-state index in [2.05, 4.69) is 29.4 Å². The molecule has 6 rings (SSSR count). The summed E-state index contributed by atoms with van der Waals surface area (Å²) in [5, 5.41) is 12.6. The third kappa shape index (κ3) is 3.30. The number of carbonyl (C=O) groups is 1. The van der Waals surface area contributed by atoms with E-state index in [4.69, 9.17) is 9.47 Å². The molecule has 2 bridgehead atoms. The Morgan fingerprint density at radius 2 is 2.19 bits per heavy atom. The van der Waals surface area contributed by atoms with Crippen molar-refractivity contribution in [1.29, 1.82) is 0 Å². The molecule has 37 heavy (non-hydrogen) atoms. The second-order valence-electron chi connectivity index (χ2n) is 11.0. The fourth-order valence-electron chi connectivity index (χ4n) is 7.62. The highest BCUT2D eigenvalue weighted by Gasteiger charge is 2.73. The van der Waals surface area contributed by atoms with Crippen LogP contribution in [0.25, 0.3) is 0 Å². The number of carbonyl (C=O) groups excluding carboxylic acids is 1. The van der Waals surface area contributed by atoms with Gasteiger partial charge in [-0.1, -0.05) is 30.2 Å². The van der Waals surface area contributed by atoms with Gasteiger partial charge in [-0.25, -0.2) is 0 Å². The lowest BCUT2D eigenvalue weighted by Crippen LogP contribution is -2.78. The van der Waals surface area contributed by atoms with Crippen molar-refractivity contribution in [2.45, 2.75) is 61.8 Å². The Morgan fingerprint density at radius 3 is 2.95 bits per heavy atom. The van der Waals surface area contributed by atoms with Crippen molar-refractivity contribution in [2.24, 2.45) is 0 Å². The van der Waals surface area contributed by atoms with E-state index < -0.39 is 11.0 Å². The molecule has 1 spiro atoms. The van der Waals surface area contributed by atoms with Gasteiger partial charge in [-0.2, -0.15) is 0 Å². The van der Waals surface area contributed by atoms with Crippen LogP contribution in [0, 0.1) is 18.8 Å². The van der Waals surface area contributed by atoms with Crippen molar-refractivity contribution in [1.82, 2.24) is 9.80 Å². The maximum absolute atomic E-state index is 13.3. The van der Waals surface area contributed by atoms with Crippen LogP contribution in [0.3, 0.4) is 0 Å². The van der Waals surface area contributed by atoms with Crippen LogP contribution in [-0.4, -0.2) is 71.8 Å². The van der Waals surface area contributed by atoms with Crippen molar-refractivity contribution in [3.05, 3.63) is 71.3 Å². The van der Waals surface area contributed by atoms with Crippen LogP contribution in [0.15, 0.2) is 49.1 Å². The summed E-state index contributed by atoms with van der Waals surface area (Å²) in [6, 6.07) is 11.7. The summed E-state index contributed by atoms with van der Waals surface area (Å²) in [4.78, 5) is 17.4. The van der Waals surface area contributed by atoms with Crippen molar-refractivity contribution in [2.75, 3.05) is 27.2 Å². The zero-order valence-electron chi connectivity index (χ0n) is 21.8. The Balaban J connectivity index is 1.41. The number of piperidine rings is 1. The lowest BCUT2D eigenvalue weighted by atomic mass is 9.48. The molecule has 2 aromatic rings. The predicted octanol–water partition coefficient (Wildman–Crippen LogP) is 3.22. The third-order valence-corrected chi connectivity index (χ3v) is 9.26. The first-order chi connectivity index (χ1) is 17.8. The largest absolute Gasteiger partial charge is 0.493 e. The van der Waals surface area contributed by atoms with Crippen molar-refractivity contribution in [3.8, 4) is 23.3 Å². The topological polar surface area (TPSA) is 62.2 Å². The minimum atomic E-state index is -0.961. The number of amides is 1. The third-order valence-electron chi connectivity index (χ3n) is 9.26. The highest BCUT2D eigenvalue weighted by atomic mass is 16.5. The number of nitrogens with zero attached hydrogens (tertiary/aromatic N) is 2. The lowest BCUT2D eigenvalue weighted by molar-refractivity contribution is -0.197. The lowest BCUT2D eigenvalue weighted by Gasteiger charge is -2.64. The number of benzene rings is 2. The van der Waals surface area contributed by atoms with Gasteiger partial charge in [-0.15, -0.1) is 6.58 Å². The monoisotopic (exact) mass is 498 g/mol. The highest BCUT2D eigenvalue weighted by Crippen LogP contribution is 2.65. The maximum atomic E-state index is 13.3. The van der Waals surface area contributed by atoms with Crippen LogP contribution < -0.4 is 9.47 Å². The number of likely N-dealkylation sites (tertiary alicyclic amines) is 1. The molecule has 1 amide bonds. The number of rotatable bonds is 4. The Bertz CT molecular complexity index is 1340. The van der Waals surface area contributed by atoms with E-state index in [0.29, 0.717) is 18.6 Å². The van der Waals surface area contributed by atoms with E-state index in [1.54, 1.807) is 12.0 Å². The summed E-state index contributed by atoms with van der Waals surface area (Å²) in [5.41, 5.74) is 2.66. The molecule has 6 nitrogen and oxygen atoms in total. The summed E-state index contributed by atoms with van der Waals surface area (Å²) < 4.78 is 12.5. The number of hydrogen-bond acceptors (Lipinski definition) is 5. The zero-order chi connectivity index (χ0) is 25.9. The molecule has 0 aromatic heterocycles. The average molecular weight is 499 g/mol. The Morgan fingerprint density at radius 1 is 1.35 bits per heavy atom. The standard InChI is InChI=1S/C31H34N2O4/c1-5-16-33-17-15-30-27-22-10-11-24(36-4)28(27)37-29(30)23(13-14-31(30,35)25(33)19-22)32(3)26(34)12-9-21-8-6-7-20(2)18-21/h5-8,10-11,18,23,25,29,35H,1,13-17,19H2,2-4H3/t23-,25-,29+,30+,31-/m1/s1. The number of aryl methyl sites for hydroxylation is 1. The van der Waals surface area contributed by atoms with Gasteiger partial charge in [0.1, 0.15) is 6.10 Å². The van der Waals surface area contributed by atoms with E-state index in [1.807, 2.05) is 50.4 Å². The molecule has 0 unspecified atom stereocenters. The summed E-state index contributed by atoms with van der Waals surface area (Å²) in [6.07, 6.45) is 4.29. The highest BCUT2D eigenvalue weighted by molar-refractivity contribution is 5.94. The van der Waals surface area contributed by atoms with Crippen molar-refractivity contribution in [3.63, 3.8) is 0 Å². The summed E-state index contributed by atoms with van der Waals surface area (Å²) >= 11 is 0. The van der Waals surface area contributed by atoms with Gasteiger partial charge in [-0.05, 0) is 68.5 Å². The smallest absolute Gasteiger partial charge is 0.298 e. The molecule has 1 N–H and O–H groups in total. The maximum Gasteiger partial charge on any atom is 0.298 e. The fraction of sp³-hybridized carbons (Fsp3) is 0.452. The SMILES string of the molecule is C=CCN1CC[C@]23c4c5ccc(OC)c4O[C@H]2[C@H](N(C)C(=O)C#Cc2cccc(C)c2)CC[C@@]3(O)[C@H]1C5. The van der Waals surface area contributed by atoms with E-state index in [1.165, 1.54) is 5.56 Å². The predicted molar refractivity (Wildman–Crippen MR) is 142 cm³/mol. The number of likely N-dealkylation sites (N-methyl/N-ethyl adjacent to an activating group) is 1. The summed E-state index contributed by atoms with van der Waals surface area (Å²) in [5.74, 6) is 7.05. The number of hydrogen-bond donors (Lipinski definition) is 1. The normalized spacial score (nSPS) is 30.9. The van der Waals surface area contributed by atoms with E-state index in [9.17, 15) is 9.90 Å². The molecule has 2 fully saturated rings. The van der Waals surface area contributed by atoms with E-state index in [0.717, 1.165) is 48.4 Å². The number of methoxy groups -OCH3 is 1. The van der Waals surface area contributed by atoms with Crippen LogP contribution in [0.4, 0.5) is 0 Å². The fourth-order valence-corrected chi connectivity index (χ4v) is 7.62. The van der Waals surface area contributed by atoms with Crippen LogP contribution in [0.1, 0.15) is 41.5 Å². The summed E-state index contributed by atoms with van der Waals surface area (Å²) in [7, 11) is 3.47. The first kappa shape index (κ1) is 24.1. The first-order valence-electron chi connectivity index (χ1n) is 13.1. The molecule has 4 aliphatic rings. The molecular weight excluding hydrogens is 464 g/mol. The van der Waals surface area contributed by atoms with Gasteiger partial charge < -0.3 is 19.5 Å².